The van der Waals surface area contributed by atoms with Crippen LogP contribution in [0.3, 0.4) is 0 Å². The van der Waals surface area contributed by atoms with Crippen molar-refractivity contribution in [2.45, 2.75) is 0 Å². The molecule has 0 spiro atoms. The van der Waals surface area contributed by atoms with E-state index in [1.165, 1.54) is 60.7 Å². The van der Waals surface area contributed by atoms with E-state index in [2.05, 4.69) is 10.6 Å². The maximum atomic E-state index is 12.4. The summed E-state index contributed by atoms with van der Waals surface area (Å²) in [5, 5.41) is 23.6. The van der Waals surface area contributed by atoms with E-state index in [1.54, 1.807) is 12.1 Å². The van der Waals surface area contributed by atoms with E-state index in [0.29, 0.717) is 11.4 Å². The van der Waals surface area contributed by atoms with Gasteiger partial charge < -0.3 is 20.8 Å². The van der Waals surface area contributed by atoms with Crippen LogP contribution in [0.25, 0.3) is 0 Å². The summed E-state index contributed by atoms with van der Waals surface area (Å²) in [6.45, 7) is 0. The number of aromatic carboxylic acids is 2. The van der Waals surface area contributed by atoms with Gasteiger partial charge in [0.25, 0.3) is 11.8 Å². The minimum atomic E-state index is -1.21. The number of benzene rings is 3. The highest BCUT2D eigenvalue weighted by Crippen LogP contribution is 2.18. The molecule has 8 nitrogen and oxygen atoms in total. The van der Waals surface area contributed by atoms with E-state index in [-0.39, 0.29) is 22.3 Å². The molecule has 0 saturated heterocycles. The van der Waals surface area contributed by atoms with E-state index in [4.69, 9.17) is 0 Å². The average molecular weight is 404 g/mol. The molecule has 0 saturated carbocycles. The van der Waals surface area contributed by atoms with Gasteiger partial charge in [-0.3, -0.25) is 9.59 Å². The van der Waals surface area contributed by atoms with Gasteiger partial charge in [-0.05, 0) is 48.5 Å². The topological polar surface area (TPSA) is 133 Å². The zero-order chi connectivity index (χ0) is 21.7. The Morgan fingerprint density at radius 2 is 0.800 bits per heavy atom. The molecular formula is C22H16N2O6. The van der Waals surface area contributed by atoms with Crippen molar-refractivity contribution in [3.63, 3.8) is 0 Å². The summed E-state index contributed by atoms with van der Waals surface area (Å²) in [5.74, 6) is -3.58. The lowest BCUT2D eigenvalue weighted by Gasteiger charge is -2.10. The van der Waals surface area contributed by atoms with Gasteiger partial charge in [0.2, 0.25) is 0 Å². The number of rotatable bonds is 6. The molecule has 8 heteroatoms. The SMILES string of the molecule is O=C(O)c1ccccc1C(=O)Nc1ccc(NC(=O)c2ccccc2C(=O)O)cc1. The molecule has 30 heavy (non-hydrogen) atoms. The predicted molar refractivity (Wildman–Crippen MR) is 109 cm³/mol. The second-order valence-electron chi connectivity index (χ2n) is 6.19. The van der Waals surface area contributed by atoms with Crippen LogP contribution in [0.4, 0.5) is 11.4 Å². The second kappa shape index (κ2) is 8.70. The fraction of sp³-hybridized carbons (Fsp3) is 0. The van der Waals surface area contributed by atoms with Crippen LogP contribution < -0.4 is 10.6 Å². The Morgan fingerprint density at radius 1 is 0.500 bits per heavy atom. The molecule has 4 N–H and O–H groups in total. The van der Waals surface area contributed by atoms with E-state index >= 15 is 0 Å². The van der Waals surface area contributed by atoms with Crippen molar-refractivity contribution in [2.75, 3.05) is 10.6 Å². The lowest BCUT2D eigenvalue weighted by Crippen LogP contribution is -2.17. The molecule has 0 aromatic heterocycles. The minimum Gasteiger partial charge on any atom is -0.478 e. The van der Waals surface area contributed by atoms with Crippen LogP contribution in [0.2, 0.25) is 0 Å². The number of nitrogens with one attached hydrogen (secondary N) is 2. The first-order chi connectivity index (χ1) is 14.4. The highest BCUT2D eigenvalue weighted by molar-refractivity contribution is 6.12. The molecule has 150 valence electrons. The first-order valence-electron chi connectivity index (χ1n) is 8.74. The Hall–Kier alpha value is -4.46. The van der Waals surface area contributed by atoms with E-state index < -0.39 is 23.8 Å². The second-order valence-corrected chi connectivity index (χ2v) is 6.19. The third kappa shape index (κ3) is 4.50. The molecule has 3 rings (SSSR count). The number of amides is 2. The number of carboxylic acid groups (broad SMARTS) is 2. The first-order valence-corrected chi connectivity index (χ1v) is 8.74. The zero-order valence-electron chi connectivity index (χ0n) is 15.5. The molecule has 0 radical (unpaired) electrons. The van der Waals surface area contributed by atoms with E-state index in [1.807, 2.05) is 0 Å². The fourth-order valence-corrected chi connectivity index (χ4v) is 2.77. The number of hydrogen-bond acceptors (Lipinski definition) is 4. The molecule has 3 aromatic rings. The van der Waals surface area contributed by atoms with E-state index in [0.717, 1.165) is 0 Å². The molecule has 0 aliphatic heterocycles. The van der Waals surface area contributed by atoms with Crippen LogP contribution in [0.1, 0.15) is 41.4 Å². The third-order valence-corrected chi connectivity index (χ3v) is 4.20. The Labute approximate surface area is 170 Å². The van der Waals surface area contributed by atoms with Crippen molar-refractivity contribution < 1.29 is 29.4 Å². The Bertz CT molecular complexity index is 1050. The lowest BCUT2D eigenvalue weighted by molar-refractivity contribution is 0.0683. The highest BCUT2D eigenvalue weighted by Gasteiger charge is 2.17. The monoisotopic (exact) mass is 404 g/mol. The highest BCUT2D eigenvalue weighted by atomic mass is 16.4. The van der Waals surface area contributed by atoms with E-state index in [9.17, 15) is 29.4 Å². The molecule has 3 aromatic carbocycles. The number of carbonyl (C=O) groups is 4. The minimum absolute atomic E-state index is 0.0210. The largest absolute Gasteiger partial charge is 0.478 e. The van der Waals surface area contributed by atoms with Crippen molar-refractivity contribution >= 4 is 35.1 Å². The summed E-state index contributed by atoms with van der Waals surface area (Å²) in [6.07, 6.45) is 0. The number of carbonyl (C=O) groups excluding carboxylic acids is 2. The summed E-state index contributed by atoms with van der Waals surface area (Å²) in [4.78, 5) is 47.3. The molecule has 0 heterocycles. The Kier molecular flexibility index (Phi) is 5.88. The van der Waals surface area contributed by atoms with Crippen molar-refractivity contribution in [3.8, 4) is 0 Å². The van der Waals surface area contributed by atoms with Crippen molar-refractivity contribution in [2.24, 2.45) is 0 Å². The van der Waals surface area contributed by atoms with Crippen LogP contribution in [-0.2, 0) is 0 Å². The Morgan fingerprint density at radius 3 is 1.10 bits per heavy atom. The molecule has 0 atom stereocenters. The molecule has 0 bridgehead atoms. The maximum absolute atomic E-state index is 12.4. The number of anilines is 2. The van der Waals surface area contributed by atoms with Gasteiger partial charge in [-0.1, -0.05) is 24.3 Å². The normalized spacial score (nSPS) is 10.1. The van der Waals surface area contributed by atoms with Crippen LogP contribution in [-0.4, -0.2) is 34.0 Å². The Balaban J connectivity index is 1.72. The van der Waals surface area contributed by atoms with Gasteiger partial charge in [-0.15, -0.1) is 0 Å². The quantitative estimate of drug-likeness (QED) is 0.496. The number of carboxylic acids is 2. The summed E-state index contributed by atoms with van der Waals surface area (Å²) in [5.41, 5.74) is 0.598. The van der Waals surface area contributed by atoms with Crippen molar-refractivity contribution in [1.82, 2.24) is 0 Å². The molecular weight excluding hydrogens is 388 g/mol. The molecule has 2 amide bonds. The van der Waals surface area contributed by atoms with Gasteiger partial charge in [0.05, 0.1) is 22.3 Å². The van der Waals surface area contributed by atoms with Crippen LogP contribution >= 0.6 is 0 Å². The van der Waals surface area contributed by atoms with Gasteiger partial charge >= 0.3 is 11.9 Å². The molecule has 0 aliphatic carbocycles. The summed E-state index contributed by atoms with van der Waals surface area (Å²) in [6, 6.07) is 17.8. The van der Waals surface area contributed by atoms with Gasteiger partial charge in [0.1, 0.15) is 0 Å². The molecule has 0 aliphatic rings. The van der Waals surface area contributed by atoms with Gasteiger partial charge in [0, 0.05) is 11.4 Å². The molecule has 0 unspecified atom stereocenters. The van der Waals surface area contributed by atoms with Crippen molar-refractivity contribution in [1.29, 1.82) is 0 Å². The fourth-order valence-electron chi connectivity index (χ4n) is 2.77. The van der Waals surface area contributed by atoms with Gasteiger partial charge in [-0.2, -0.15) is 0 Å². The predicted octanol–water partition coefficient (Wildman–Crippen LogP) is 3.59. The summed E-state index contributed by atoms with van der Waals surface area (Å²) in [7, 11) is 0. The average Bonchev–Trinajstić information content (AvgIpc) is 2.75. The summed E-state index contributed by atoms with van der Waals surface area (Å²) < 4.78 is 0. The first kappa shape index (κ1) is 20.3. The van der Waals surface area contributed by atoms with Crippen LogP contribution in [0.15, 0.2) is 72.8 Å². The third-order valence-electron chi connectivity index (χ3n) is 4.20. The lowest BCUT2D eigenvalue weighted by atomic mass is 10.1. The standard InChI is InChI=1S/C22H16N2O6/c25-19(15-5-1-3-7-17(15)21(27)28)23-13-9-11-14(12-10-13)24-20(26)16-6-2-4-8-18(16)22(29)30/h1-12H,(H,23,25)(H,24,26)(H,27,28)(H,29,30). The van der Waals surface area contributed by atoms with Gasteiger partial charge in [0.15, 0.2) is 0 Å². The smallest absolute Gasteiger partial charge is 0.336 e. The summed E-state index contributed by atoms with van der Waals surface area (Å²) >= 11 is 0. The van der Waals surface area contributed by atoms with Crippen molar-refractivity contribution in [3.05, 3.63) is 95.1 Å². The van der Waals surface area contributed by atoms with Gasteiger partial charge in [-0.25, -0.2) is 9.59 Å². The van der Waals surface area contributed by atoms with Crippen LogP contribution in [0, 0.1) is 0 Å². The maximum Gasteiger partial charge on any atom is 0.336 e. The zero-order valence-corrected chi connectivity index (χ0v) is 15.5. The number of hydrogen-bond donors (Lipinski definition) is 4. The van der Waals surface area contributed by atoms with Crippen LogP contribution in [0.5, 0.6) is 0 Å². The molecule has 0 fully saturated rings.